The molecule has 0 aliphatic heterocycles. The highest BCUT2D eigenvalue weighted by Gasteiger charge is 2.25. The molecule has 2 unspecified atom stereocenters. The fourth-order valence-corrected chi connectivity index (χ4v) is 6.31. The average molecular weight is 460 g/mol. The molecule has 31 heavy (non-hydrogen) atoms. The quantitative estimate of drug-likeness (QED) is 0.406. The van der Waals surface area contributed by atoms with E-state index < -0.39 is 0 Å². The van der Waals surface area contributed by atoms with E-state index in [-0.39, 0.29) is 23.3 Å². The van der Waals surface area contributed by atoms with E-state index in [2.05, 4.69) is 26.1 Å². The lowest BCUT2D eigenvalue weighted by atomic mass is 9.89. The molecule has 166 valence electrons. The summed E-state index contributed by atoms with van der Waals surface area (Å²) in [5.41, 5.74) is 1.24. The number of fused-ring (bicyclic) bond motifs is 3. The lowest BCUT2D eigenvalue weighted by Gasteiger charge is -2.18. The summed E-state index contributed by atoms with van der Waals surface area (Å²) in [6.07, 6.45) is 4.69. The number of nitrogens with one attached hydrogen (secondary N) is 1. The van der Waals surface area contributed by atoms with Gasteiger partial charge in [-0.3, -0.25) is 14.2 Å². The van der Waals surface area contributed by atoms with Crippen LogP contribution in [-0.4, -0.2) is 21.2 Å². The summed E-state index contributed by atoms with van der Waals surface area (Å²) in [7, 11) is 0. The standard InChI is InChI=1S/C23H29N3O3S2/c1-13(2)11-26-22(28)20-16-8-7-14(3)10-18(16)31-21(20)25-23(26)30-12-19(27)24-15(4)17-6-5-9-29-17/h5-6,9,13-15H,7-8,10-12H2,1-4H3,(H,24,27). The molecular weight excluding hydrogens is 430 g/mol. The lowest BCUT2D eigenvalue weighted by Crippen LogP contribution is -2.29. The first-order valence-corrected chi connectivity index (χ1v) is 12.6. The Morgan fingerprint density at radius 2 is 2.23 bits per heavy atom. The van der Waals surface area contributed by atoms with Crippen LogP contribution >= 0.6 is 23.1 Å². The minimum atomic E-state index is -0.206. The molecule has 6 nitrogen and oxygen atoms in total. The van der Waals surface area contributed by atoms with Crippen LogP contribution in [0, 0.1) is 11.8 Å². The molecule has 1 aliphatic rings. The molecule has 1 amide bonds. The Labute approximate surface area is 190 Å². The number of nitrogens with zero attached hydrogens (tertiary/aromatic N) is 2. The number of amides is 1. The predicted octanol–water partition coefficient (Wildman–Crippen LogP) is 4.80. The van der Waals surface area contributed by atoms with Gasteiger partial charge in [-0.1, -0.05) is 32.5 Å². The highest BCUT2D eigenvalue weighted by atomic mass is 32.2. The Morgan fingerprint density at radius 1 is 1.42 bits per heavy atom. The molecule has 1 aliphatic carbocycles. The molecule has 0 radical (unpaired) electrons. The van der Waals surface area contributed by atoms with Gasteiger partial charge < -0.3 is 9.73 Å². The number of carbonyl (C=O) groups is 1. The van der Waals surface area contributed by atoms with Crippen molar-refractivity contribution in [3.8, 4) is 0 Å². The lowest BCUT2D eigenvalue weighted by molar-refractivity contribution is -0.119. The molecular formula is C23H29N3O3S2. The second-order valence-electron chi connectivity index (χ2n) is 8.83. The average Bonchev–Trinajstić information content (AvgIpc) is 3.36. The van der Waals surface area contributed by atoms with Gasteiger partial charge in [0.25, 0.3) is 5.56 Å². The van der Waals surface area contributed by atoms with Crippen LogP contribution in [0.4, 0.5) is 0 Å². The van der Waals surface area contributed by atoms with Crippen LogP contribution in [0.3, 0.4) is 0 Å². The van der Waals surface area contributed by atoms with Gasteiger partial charge in [0.2, 0.25) is 5.91 Å². The van der Waals surface area contributed by atoms with Crippen molar-refractivity contribution in [2.24, 2.45) is 11.8 Å². The number of aryl methyl sites for hydroxylation is 1. The van der Waals surface area contributed by atoms with Gasteiger partial charge in [-0.2, -0.15) is 0 Å². The second-order valence-corrected chi connectivity index (χ2v) is 10.9. The maximum Gasteiger partial charge on any atom is 0.263 e. The SMILES string of the molecule is CC(C)Cn1c(SCC(=O)NC(C)c2ccco2)nc2sc3c(c2c1=O)CCC(C)C3. The maximum atomic E-state index is 13.5. The van der Waals surface area contributed by atoms with Gasteiger partial charge in [-0.15, -0.1) is 11.3 Å². The first-order chi connectivity index (χ1) is 14.8. The molecule has 0 bridgehead atoms. The van der Waals surface area contributed by atoms with E-state index in [1.54, 1.807) is 28.2 Å². The number of furan rings is 1. The normalized spacial score (nSPS) is 17.1. The molecule has 3 heterocycles. The monoisotopic (exact) mass is 459 g/mol. The third kappa shape index (κ3) is 4.75. The van der Waals surface area contributed by atoms with Crippen molar-refractivity contribution < 1.29 is 9.21 Å². The zero-order valence-corrected chi connectivity index (χ0v) is 20.1. The molecule has 3 aromatic heterocycles. The molecule has 1 N–H and O–H groups in total. The summed E-state index contributed by atoms with van der Waals surface area (Å²) < 4.78 is 7.12. The van der Waals surface area contributed by atoms with Crippen molar-refractivity contribution in [1.82, 2.24) is 14.9 Å². The van der Waals surface area contributed by atoms with Gasteiger partial charge in [0, 0.05) is 11.4 Å². The van der Waals surface area contributed by atoms with Crippen LogP contribution in [0.15, 0.2) is 32.8 Å². The minimum absolute atomic E-state index is 0.0395. The van der Waals surface area contributed by atoms with Crippen molar-refractivity contribution in [3.63, 3.8) is 0 Å². The first-order valence-electron chi connectivity index (χ1n) is 10.8. The van der Waals surface area contributed by atoms with Gasteiger partial charge in [-0.25, -0.2) is 4.98 Å². The first kappa shape index (κ1) is 22.1. The third-order valence-corrected chi connectivity index (χ3v) is 7.73. The highest BCUT2D eigenvalue weighted by molar-refractivity contribution is 7.99. The predicted molar refractivity (Wildman–Crippen MR) is 126 cm³/mol. The molecule has 0 saturated heterocycles. The van der Waals surface area contributed by atoms with Crippen molar-refractivity contribution in [3.05, 3.63) is 45.0 Å². The van der Waals surface area contributed by atoms with Crippen molar-refractivity contribution in [2.75, 3.05) is 5.75 Å². The van der Waals surface area contributed by atoms with Crippen molar-refractivity contribution >= 4 is 39.2 Å². The molecule has 8 heteroatoms. The number of rotatable bonds is 7. The Bertz CT molecular complexity index is 1130. The van der Waals surface area contributed by atoms with Gasteiger partial charge in [0.1, 0.15) is 10.6 Å². The number of hydrogen-bond acceptors (Lipinski definition) is 6. The van der Waals surface area contributed by atoms with E-state index in [1.165, 1.54) is 22.2 Å². The molecule has 4 rings (SSSR count). The molecule has 0 spiro atoms. The molecule has 0 fully saturated rings. The number of hydrogen-bond donors (Lipinski definition) is 1. The second kappa shape index (κ2) is 9.20. The van der Waals surface area contributed by atoms with Crippen LogP contribution in [0.1, 0.15) is 56.4 Å². The summed E-state index contributed by atoms with van der Waals surface area (Å²) in [6, 6.07) is 3.44. The number of carbonyl (C=O) groups excluding carboxylic acids is 1. The fraction of sp³-hybridized carbons (Fsp3) is 0.522. The number of thiophene rings is 1. The Balaban J connectivity index is 1.60. The fourth-order valence-electron chi connectivity index (χ4n) is 4.06. The minimum Gasteiger partial charge on any atom is -0.467 e. The highest BCUT2D eigenvalue weighted by Crippen LogP contribution is 2.36. The number of thioether (sulfide) groups is 1. The van der Waals surface area contributed by atoms with Crippen LogP contribution in [0.5, 0.6) is 0 Å². The van der Waals surface area contributed by atoms with Gasteiger partial charge in [0.15, 0.2) is 5.16 Å². The topological polar surface area (TPSA) is 77.1 Å². The van der Waals surface area contributed by atoms with Gasteiger partial charge >= 0.3 is 0 Å². The summed E-state index contributed by atoms with van der Waals surface area (Å²) in [6.45, 7) is 8.93. The zero-order chi connectivity index (χ0) is 22.1. The summed E-state index contributed by atoms with van der Waals surface area (Å²) in [5.74, 6) is 1.75. The van der Waals surface area contributed by atoms with Crippen molar-refractivity contribution in [2.45, 2.75) is 64.7 Å². The summed E-state index contributed by atoms with van der Waals surface area (Å²) >= 11 is 2.98. The van der Waals surface area contributed by atoms with Crippen LogP contribution in [-0.2, 0) is 24.2 Å². The van der Waals surface area contributed by atoms with Crippen LogP contribution in [0.25, 0.3) is 10.2 Å². The van der Waals surface area contributed by atoms with E-state index in [0.717, 1.165) is 29.5 Å². The van der Waals surface area contributed by atoms with Gasteiger partial charge in [0.05, 0.1) is 23.4 Å². The van der Waals surface area contributed by atoms with E-state index in [4.69, 9.17) is 9.40 Å². The third-order valence-electron chi connectivity index (χ3n) is 5.61. The van der Waals surface area contributed by atoms with E-state index in [9.17, 15) is 9.59 Å². The van der Waals surface area contributed by atoms with Crippen LogP contribution in [0.2, 0.25) is 0 Å². The van der Waals surface area contributed by atoms with Crippen LogP contribution < -0.4 is 10.9 Å². The number of aromatic nitrogens is 2. The maximum absolute atomic E-state index is 13.5. The summed E-state index contributed by atoms with van der Waals surface area (Å²) in [5, 5.41) is 4.37. The summed E-state index contributed by atoms with van der Waals surface area (Å²) in [4.78, 5) is 33.0. The zero-order valence-electron chi connectivity index (χ0n) is 18.4. The molecule has 0 aromatic carbocycles. The van der Waals surface area contributed by atoms with Crippen molar-refractivity contribution in [1.29, 1.82) is 0 Å². The molecule has 3 aromatic rings. The Kier molecular flexibility index (Phi) is 6.57. The van der Waals surface area contributed by atoms with E-state index in [1.807, 2.05) is 13.0 Å². The largest absolute Gasteiger partial charge is 0.467 e. The smallest absolute Gasteiger partial charge is 0.263 e. The van der Waals surface area contributed by atoms with E-state index in [0.29, 0.717) is 29.3 Å². The molecule has 2 atom stereocenters. The van der Waals surface area contributed by atoms with E-state index >= 15 is 0 Å². The molecule has 0 saturated carbocycles. The Morgan fingerprint density at radius 3 is 2.94 bits per heavy atom. The Hall–Kier alpha value is -2.06. The van der Waals surface area contributed by atoms with Gasteiger partial charge in [-0.05, 0) is 55.7 Å².